The van der Waals surface area contributed by atoms with Crippen molar-refractivity contribution < 1.29 is 64.6 Å². The molecule has 47 heavy (non-hydrogen) atoms. The fourth-order valence-electron chi connectivity index (χ4n) is 8.65. The molecule has 5 saturated heterocycles. The first kappa shape index (κ1) is 27.8. The third-order valence-corrected chi connectivity index (χ3v) is 11.6. The Balaban J connectivity index is 1.38. The molecule has 5 aliphatic rings. The number of aliphatic hydroxyl groups is 3. The van der Waals surface area contributed by atoms with Crippen LogP contribution < -0.4 is 0 Å². The van der Waals surface area contributed by atoms with Gasteiger partial charge in [0.05, 0.1) is 66.5 Å². The van der Waals surface area contributed by atoms with Gasteiger partial charge in [-0.25, -0.2) is 0 Å². The largest absolute Gasteiger partial charge is 0.481 e. The molecule has 11 heteroatoms. The molecule has 0 bridgehead atoms. The van der Waals surface area contributed by atoms with Gasteiger partial charge in [0.1, 0.15) is 0 Å². The lowest BCUT2D eigenvalue weighted by Gasteiger charge is -2.49. The van der Waals surface area contributed by atoms with Crippen molar-refractivity contribution in [2.75, 3.05) is 13.7 Å². The Morgan fingerprint density at radius 3 is 2.55 bits per heavy atom. The second-order valence-electron chi connectivity index (χ2n) is 14.7. The number of methoxy groups -OCH3 is 1. The minimum Gasteiger partial charge on any atom is -0.481 e. The quantitative estimate of drug-likeness (QED) is 0.244. The Morgan fingerprint density at radius 1 is 1.06 bits per heavy atom. The lowest BCUT2D eigenvalue weighted by atomic mass is 9.83. The van der Waals surface area contributed by atoms with Crippen LogP contribution in [0.25, 0.3) is 0 Å². The van der Waals surface area contributed by atoms with E-state index in [2.05, 4.69) is 0 Å². The number of carboxylic acids is 1. The number of hydrogen-bond acceptors (Lipinski definition) is 10. The van der Waals surface area contributed by atoms with Gasteiger partial charge in [0, 0.05) is 48.7 Å². The van der Waals surface area contributed by atoms with Crippen LogP contribution in [-0.4, -0.2) is 106 Å². The van der Waals surface area contributed by atoms with Crippen LogP contribution in [0.15, 0.2) is 0 Å². The maximum Gasteiger partial charge on any atom is 0.308 e. The van der Waals surface area contributed by atoms with Crippen molar-refractivity contribution in [3.8, 4) is 0 Å². The third-order valence-electron chi connectivity index (χ3n) is 11.6. The molecule has 272 valence electrons. The van der Waals surface area contributed by atoms with E-state index in [4.69, 9.17) is 39.4 Å². The number of ether oxygens (including phenoxy) is 6. The molecular weight excluding hydrogens is 616 g/mol. The molecule has 3 unspecified atom stereocenters. The molecule has 0 radical (unpaired) electrons. The first-order valence-electron chi connectivity index (χ1n) is 22.4. The lowest BCUT2D eigenvalue weighted by molar-refractivity contribution is -0.336. The number of hydrogen-bond donors (Lipinski definition) is 4. The zero-order valence-corrected chi connectivity index (χ0v) is 27.7. The van der Waals surface area contributed by atoms with Crippen molar-refractivity contribution >= 4 is 5.97 Å². The van der Waals surface area contributed by atoms with Crippen LogP contribution in [0.3, 0.4) is 0 Å². The highest BCUT2D eigenvalue weighted by molar-refractivity contribution is 5.70. The average molecular weight is 687 g/mol. The highest BCUT2D eigenvalue weighted by Gasteiger charge is 2.62. The molecule has 11 nitrogen and oxygen atoms in total. The summed E-state index contributed by atoms with van der Waals surface area (Å²) in [6, 6.07) is 0. The Bertz CT molecular complexity index is 1270. The van der Waals surface area contributed by atoms with Gasteiger partial charge in [-0.3, -0.25) is 4.79 Å². The molecule has 0 saturated carbocycles. The number of aliphatic carboxylic acids is 1. The van der Waals surface area contributed by atoms with Crippen molar-refractivity contribution in [1.82, 2.24) is 0 Å². The second-order valence-corrected chi connectivity index (χ2v) is 14.7. The summed E-state index contributed by atoms with van der Waals surface area (Å²) in [4.78, 5) is 12.1. The first-order valence-corrected chi connectivity index (χ1v) is 16.8. The molecular formula is C36H62O11. The summed E-state index contributed by atoms with van der Waals surface area (Å²) in [7, 11) is 1.31. The Kier molecular flexibility index (Phi) is 8.09. The highest BCUT2D eigenvalue weighted by Crippen LogP contribution is 2.55. The maximum absolute atomic E-state index is 12.1. The summed E-state index contributed by atoms with van der Waals surface area (Å²) >= 11 is 0. The van der Waals surface area contributed by atoms with E-state index in [1.165, 1.54) is 7.11 Å². The highest BCUT2D eigenvalue weighted by atomic mass is 16.7. The molecule has 0 aliphatic carbocycles. The van der Waals surface area contributed by atoms with Crippen LogP contribution in [0, 0.1) is 35.5 Å². The van der Waals surface area contributed by atoms with Gasteiger partial charge in [-0.2, -0.15) is 0 Å². The van der Waals surface area contributed by atoms with Gasteiger partial charge in [0.25, 0.3) is 0 Å². The summed E-state index contributed by atoms with van der Waals surface area (Å²) in [6.45, 7) is -2.33. The predicted molar refractivity (Wildman–Crippen MR) is 172 cm³/mol. The van der Waals surface area contributed by atoms with Gasteiger partial charge in [0.2, 0.25) is 0 Å². The molecule has 5 rings (SSSR count). The van der Waals surface area contributed by atoms with E-state index >= 15 is 0 Å². The van der Waals surface area contributed by atoms with Crippen LogP contribution >= 0.6 is 0 Å². The monoisotopic (exact) mass is 687 g/mol. The molecule has 17 atom stereocenters. The third kappa shape index (κ3) is 6.67. The predicted octanol–water partition coefficient (Wildman–Crippen LogP) is 4.27. The van der Waals surface area contributed by atoms with Crippen LogP contribution in [-0.2, 0) is 33.2 Å². The van der Waals surface area contributed by atoms with Gasteiger partial charge in [-0.15, -0.1) is 0 Å². The van der Waals surface area contributed by atoms with Crippen LogP contribution in [0.5, 0.6) is 0 Å². The van der Waals surface area contributed by atoms with Crippen molar-refractivity contribution in [2.24, 2.45) is 35.5 Å². The van der Waals surface area contributed by atoms with Crippen molar-refractivity contribution in [2.45, 2.75) is 172 Å². The summed E-state index contributed by atoms with van der Waals surface area (Å²) in [5.74, 6) is -9.03. The zero-order valence-electron chi connectivity index (χ0n) is 35.7. The molecule has 0 amide bonds. The summed E-state index contributed by atoms with van der Waals surface area (Å²) in [5.41, 5.74) is -2.25. The Labute approximate surface area is 292 Å². The number of carbonyl (C=O) groups is 1. The minimum absolute atomic E-state index is 0.0122. The van der Waals surface area contributed by atoms with Crippen molar-refractivity contribution in [3.63, 3.8) is 0 Å². The van der Waals surface area contributed by atoms with Gasteiger partial charge >= 0.3 is 5.97 Å². The molecule has 5 heterocycles. The standard InChI is InChI=1S/C36H62O11/c1-10-34(31-20(3)16-26(43-31)28-19(2)15-21(4)36(41,18-37)46-28)12-11-27(44-34)33(8)13-14-35(47-33)17-25(38)22(5)30(45-35)23(6)29(42-9)24(7)32(39)40/h19-31,37-38,41H,10-18H2,1-9H3,(H,39,40)/t19-,20-,21+,22+,23-,24-,25-,26?,27+,28?,29+,30?,31+,33-,34-,35+,36-/m0/s1/i1+1D,2+1D,3+1D,4+1D,5+1D,6+1D,7+1D,8+1D. The summed E-state index contributed by atoms with van der Waals surface area (Å²) in [5, 5.41) is 42.5. The molecule has 1 spiro atoms. The smallest absolute Gasteiger partial charge is 0.308 e. The van der Waals surface area contributed by atoms with Crippen LogP contribution in [0.4, 0.5) is 0 Å². The summed E-state index contributed by atoms with van der Waals surface area (Å²) < 4.78 is 105. The average Bonchev–Trinajstić information content (AvgIpc) is 3.91. The molecule has 5 fully saturated rings. The topological polar surface area (TPSA) is 153 Å². The van der Waals surface area contributed by atoms with E-state index in [1.807, 2.05) is 0 Å². The van der Waals surface area contributed by atoms with E-state index < -0.39 is 109 Å². The van der Waals surface area contributed by atoms with Crippen molar-refractivity contribution in [1.29, 1.82) is 0 Å². The SMILES string of the molecule is [2H][13CH2]C[C@@]1([C@@H]2OC(C3O[C@@](O)(CO)[C@H]([13CH2][2H])C[C@@H]3[13CH2][2H])C[C@@H]2[13CH2][2H])CC[C@H]([C@]2([13CH2][2H])CC[C@]3(C[C@H](O)[C@@H]([13CH2][2H])C([C@@H]([13CH2][2H])[C@@H](OC)[C@H]([13CH2][2H])C(=O)O)O3)O2)O1. The van der Waals surface area contributed by atoms with Gasteiger partial charge < -0.3 is 48.8 Å². The van der Waals surface area contributed by atoms with E-state index in [9.17, 15) is 25.2 Å². The van der Waals surface area contributed by atoms with E-state index in [0.29, 0.717) is 32.1 Å². The molecule has 0 aromatic rings. The number of aliphatic hydroxyl groups excluding tert-OH is 2. The van der Waals surface area contributed by atoms with E-state index in [0.717, 1.165) is 0 Å². The van der Waals surface area contributed by atoms with E-state index in [1.54, 1.807) is 0 Å². The molecule has 0 aromatic heterocycles. The second kappa shape index (κ2) is 13.7. The van der Waals surface area contributed by atoms with Crippen LogP contribution in [0.2, 0.25) is 0 Å². The summed E-state index contributed by atoms with van der Waals surface area (Å²) in [6.07, 6.45) is -3.63. The molecule has 4 N–H and O–H groups in total. The van der Waals surface area contributed by atoms with Crippen LogP contribution in [0.1, 0.15) is 118 Å². The Hall–Kier alpha value is -0.890. The number of rotatable bonds is 10. The number of carboxylic acid groups (broad SMARTS) is 1. The Morgan fingerprint density at radius 2 is 1.91 bits per heavy atom. The maximum atomic E-state index is 12.1. The molecule has 0 aromatic carbocycles. The molecule has 5 aliphatic heterocycles. The van der Waals surface area contributed by atoms with Crippen molar-refractivity contribution in [3.05, 3.63) is 0 Å². The lowest BCUT2D eigenvalue weighted by Crippen LogP contribution is -2.57. The fourth-order valence-corrected chi connectivity index (χ4v) is 8.65. The van der Waals surface area contributed by atoms with E-state index in [-0.39, 0.29) is 79.4 Å². The first-order chi connectivity index (χ1) is 26.3. The van der Waals surface area contributed by atoms with Gasteiger partial charge in [0.15, 0.2) is 11.6 Å². The minimum atomic E-state index is -1.96. The normalized spacial score (nSPS) is 53.1. The zero-order chi connectivity index (χ0) is 40.3. The van der Waals surface area contributed by atoms with Gasteiger partial charge in [-0.05, 0) is 64.2 Å². The fraction of sp³-hybridized carbons (Fsp3) is 0.972. The van der Waals surface area contributed by atoms with Gasteiger partial charge in [-0.1, -0.05) is 41.4 Å².